The summed E-state index contributed by atoms with van der Waals surface area (Å²) in [6, 6.07) is 0.414. The van der Waals surface area contributed by atoms with Crippen LogP contribution in [-0.2, 0) is 0 Å². The van der Waals surface area contributed by atoms with Gasteiger partial charge in [0.25, 0.3) is 0 Å². The van der Waals surface area contributed by atoms with Gasteiger partial charge >= 0.3 is 0 Å². The van der Waals surface area contributed by atoms with Crippen LogP contribution < -0.4 is 0 Å². The first-order valence-electron chi connectivity index (χ1n) is 8.05. The fraction of sp³-hybridized carbons (Fsp3) is 1.00. The first kappa shape index (κ1) is 15.2. The molecular formula is C16H31FN2. The number of hydrogen-bond donors (Lipinski definition) is 0. The lowest BCUT2D eigenvalue weighted by Gasteiger charge is -2.43. The lowest BCUT2D eigenvalue weighted by atomic mass is 9.83. The topological polar surface area (TPSA) is 6.48 Å². The van der Waals surface area contributed by atoms with Crippen LogP contribution in [0.25, 0.3) is 0 Å². The molecular weight excluding hydrogens is 239 g/mol. The van der Waals surface area contributed by atoms with Crippen LogP contribution in [0.15, 0.2) is 0 Å². The van der Waals surface area contributed by atoms with Crippen LogP contribution in [0.5, 0.6) is 0 Å². The molecule has 0 aliphatic carbocycles. The average Bonchev–Trinajstić information content (AvgIpc) is 2.38. The third kappa shape index (κ3) is 3.69. The van der Waals surface area contributed by atoms with Crippen molar-refractivity contribution in [1.29, 1.82) is 0 Å². The van der Waals surface area contributed by atoms with E-state index in [0.717, 1.165) is 24.8 Å². The predicted molar refractivity (Wildman–Crippen MR) is 79.1 cm³/mol. The molecule has 0 aromatic carbocycles. The minimum atomic E-state index is -0.642. The Kier molecular flexibility index (Phi) is 5.24. The van der Waals surface area contributed by atoms with E-state index in [1.54, 1.807) is 0 Å². The van der Waals surface area contributed by atoms with Crippen LogP contribution >= 0.6 is 0 Å². The van der Waals surface area contributed by atoms with Gasteiger partial charge in [0.15, 0.2) is 0 Å². The zero-order valence-corrected chi connectivity index (χ0v) is 13.1. The second kappa shape index (κ2) is 6.53. The number of hydrogen-bond acceptors (Lipinski definition) is 2. The van der Waals surface area contributed by atoms with Gasteiger partial charge in [-0.2, -0.15) is 0 Å². The molecule has 2 aliphatic rings. The van der Waals surface area contributed by atoms with Crippen molar-refractivity contribution in [3.05, 3.63) is 0 Å². The van der Waals surface area contributed by atoms with E-state index in [2.05, 4.69) is 30.6 Å². The van der Waals surface area contributed by atoms with Crippen LogP contribution in [0.3, 0.4) is 0 Å². The highest BCUT2D eigenvalue weighted by Crippen LogP contribution is 2.30. The maximum atomic E-state index is 14.2. The molecule has 3 heteroatoms. The van der Waals surface area contributed by atoms with E-state index in [4.69, 9.17) is 0 Å². The molecule has 0 N–H and O–H groups in total. The quantitative estimate of drug-likeness (QED) is 0.778. The average molecular weight is 270 g/mol. The molecule has 2 fully saturated rings. The molecule has 2 rings (SSSR count). The standard InChI is InChI=1S/C16H31FN2/c1-12(2)14-5-9-19(10-6-14)13(3)15-7-8-18(4)11-16(15)17/h12-16H,5-11H2,1-4H3. The minimum Gasteiger partial charge on any atom is -0.303 e. The molecule has 2 nitrogen and oxygen atoms in total. The fourth-order valence-electron chi connectivity index (χ4n) is 3.88. The zero-order chi connectivity index (χ0) is 14.0. The Morgan fingerprint density at radius 3 is 2.16 bits per heavy atom. The van der Waals surface area contributed by atoms with Gasteiger partial charge in [-0.1, -0.05) is 13.8 Å². The van der Waals surface area contributed by atoms with E-state index in [-0.39, 0.29) is 5.92 Å². The lowest BCUT2D eigenvalue weighted by molar-refractivity contribution is 0.0205. The summed E-state index contributed by atoms with van der Waals surface area (Å²) in [6.07, 6.45) is 2.97. The summed E-state index contributed by atoms with van der Waals surface area (Å²) in [7, 11) is 2.03. The van der Waals surface area contributed by atoms with Crippen LogP contribution in [0, 0.1) is 17.8 Å². The van der Waals surface area contributed by atoms with E-state index < -0.39 is 6.17 Å². The Bertz CT molecular complexity index is 274. The monoisotopic (exact) mass is 270 g/mol. The molecule has 0 bridgehead atoms. The van der Waals surface area contributed by atoms with E-state index in [1.165, 1.54) is 25.9 Å². The van der Waals surface area contributed by atoms with Crippen molar-refractivity contribution >= 4 is 0 Å². The summed E-state index contributed by atoms with van der Waals surface area (Å²) in [5, 5.41) is 0. The Morgan fingerprint density at radius 1 is 1.00 bits per heavy atom. The predicted octanol–water partition coefficient (Wildman–Crippen LogP) is 3.03. The molecule has 2 heterocycles. The maximum Gasteiger partial charge on any atom is 0.117 e. The molecule has 0 aromatic heterocycles. The summed E-state index contributed by atoms with van der Waals surface area (Å²) in [5.41, 5.74) is 0. The Balaban J connectivity index is 1.85. The maximum absolute atomic E-state index is 14.2. The van der Waals surface area contributed by atoms with Gasteiger partial charge in [0.05, 0.1) is 0 Å². The highest BCUT2D eigenvalue weighted by molar-refractivity contribution is 4.88. The van der Waals surface area contributed by atoms with Crippen LogP contribution in [-0.4, -0.2) is 55.2 Å². The van der Waals surface area contributed by atoms with E-state index in [0.29, 0.717) is 12.6 Å². The summed E-state index contributed by atoms with van der Waals surface area (Å²) in [4.78, 5) is 4.67. The van der Waals surface area contributed by atoms with E-state index in [9.17, 15) is 4.39 Å². The molecule has 3 unspecified atom stereocenters. The largest absolute Gasteiger partial charge is 0.303 e. The first-order chi connectivity index (χ1) is 8.99. The highest BCUT2D eigenvalue weighted by atomic mass is 19.1. The third-order valence-corrected chi connectivity index (χ3v) is 5.51. The van der Waals surface area contributed by atoms with Gasteiger partial charge in [0, 0.05) is 18.5 Å². The Labute approximate surface area is 118 Å². The second-order valence-electron chi connectivity index (χ2n) is 7.09. The van der Waals surface area contributed by atoms with Crippen molar-refractivity contribution < 1.29 is 4.39 Å². The number of nitrogens with zero attached hydrogens (tertiary/aromatic N) is 2. The molecule has 3 atom stereocenters. The normalized spacial score (nSPS) is 33.8. The Hall–Kier alpha value is -0.150. The smallest absolute Gasteiger partial charge is 0.117 e. The van der Waals surface area contributed by atoms with E-state index in [1.807, 2.05) is 7.05 Å². The molecule has 0 spiro atoms. The van der Waals surface area contributed by atoms with Gasteiger partial charge in [-0.15, -0.1) is 0 Å². The van der Waals surface area contributed by atoms with Gasteiger partial charge in [-0.3, -0.25) is 0 Å². The van der Waals surface area contributed by atoms with Gasteiger partial charge in [-0.05, 0) is 64.7 Å². The van der Waals surface area contributed by atoms with Crippen LogP contribution in [0.4, 0.5) is 4.39 Å². The van der Waals surface area contributed by atoms with Crippen molar-refractivity contribution in [1.82, 2.24) is 9.80 Å². The summed E-state index contributed by atoms with van der Waals surface area (Å²) < 4.78 is 14.2. The molecule has 112 valence electrons. The summed E-state index contributed by atoms with van der Waals surface area (Å²) in [5.74, 6) is 1.92. The van der Waals surface area contributed by atoms with Crippen LogP contribution in [0.2, 0.25) is 0 Å². The molecule has 2 aliphatic heterocycles. The minimum absolute atomic E-state index is 0.242. The molecule has 0 radical (unpaired) electrons. The number of halogens is 1. The van der Waals surface area contributed by atoms with Gasteiger partial charge < -0.3 is 9.80 Å². The summed E-state index contributed by atoms with van der Waals surface area (Å²) >= 11 is 0. The van der Waals surface area contributed by atoms with Gasteiger partial charge in [0.2, 0.25) is 0 Å². The van der Waals surface area contributed by atoms with Crippen molar-refractivity contribution in [2.75, 3.05) is 33.2 Å². The summed E-state index contributed by atoms with van der Waals surface area (Å²) in [6.45, 7) is 10.9. The molecule has 0 saturated carbocycles. The van der Waals surface area contributed by atoms with Crippen molar-refractivity contribution in [3.8, 4) is 0 Å². The lowest BCUT2D eigenvalue weighted by Crippen LogP contribution is -2.51. The zero-order valence-electron chi connectivity index (χ0n) is 13.1. The molecule has 19 heavy (non-hydrogen) atoms. The number of likely N-dealkylation sites (tertiary alicyclic amines) is 2. The van der Waals surface area contributed by atoms with Crippen molar-refractivity contribution in [2.45, 2.75) is 52.2 Å². The fourth-order valence-corrected chi connectivity index (χ4v) is 3.88. The van der Waals surface area contributed by atoms with Gasteiger partial charge in [0.1, 0.15) is 6.17 Å². The molecule has 2 saturated heterocycles. The van der Waals surface area contributed by atoms with E-state index >= 15 is 0 Å². The first-order valence-corrected chi connectivity index (χ1v) is 8.05. The number of alkyl halides is 1. The highest BCUT2D eigenvalue weighted by Gasteiger charge is 2.35. The second-order valence-corrected chi connectivity index (χ2v) is 7.09. The SMILES string of the molecule is CC(C)C1CCN(C(C)C2CCN(C)CC2F)CC1. The number of piperidine rings is 2. The number of rotatable bonds is 3. The molecule has 0 aromatic rings. The third-order valence-electron chi connectivity index (χ3n) is 5.51. The van der Waals surface area contributed by atoms with Crippen LogP contribution in [0.1, 0.15) is 40.0 Å². The van der Waals surface area contributed by atoms with Gasteiger partial charge in [-0.25, -0.2) is 4.39 Å². The molecule has 0 amide bonds. The van der Waals surface area contributed by atoms with Crippen molar-refractivity contribution in [2.24, 2.45) is 17.8 Å². The Morgan fingerprint density at radius 2 is 1.63 bits per heavy atom. The van der Waals surface area contributed by atoms with Crippen molar-refractivity contribution in [3.63, 3.8) is 0 Å².